The van der Waals surface area contributed by atoms with Gasteiger partial charge in [-0.25, -0.2) is 4.98 Å². The first-order chi connectivity index (χ1) is 17.4. The highest BCUT2D eigenvalue weighted by molar-refractivity contribution is 7.17. The van der Waals surface area contributed by atoms with Crippen molar-refractivity contribution in [3.05, 3.63) is 41.2 Å². The van der Waals surface area contributed by atoms with Crippen molar-refractivity contribution in [2.24, 2.45) is 5.41 Å². The molecule has 2 aliphatic heterocycles. The summed E-state index contributed by atoms with van der Waals surface area (Å²) < 4.78 is 5.55. The number of hydrogen-bond acceptors (Lipinski definition) is 10. The number of aliphatic hydroxyl groups excluding tert-OH is 2. The van der Waals surface area contributed by atoms with Crippen LogP contribution in [-0.4, -0.2) is 86.9 Å². The zero-order valence-electron chi connectivity index (χ0n) is 20.4. The molecule has 2 atom stereocenters. The second kappa shape index (κ2) is 12.1. The quantitative estimate of drug-likeness (QED) is 0.518. The number of nitrogen functional groups attached to an aromatic ring is 1. The fourth-order valence-electron chi connectivity index (χ4n) is 4.95. The summed E-state index contributed by atoms with van der Waals surface area (Å²) in [6.07, 6.45) is 4.52. The number of pyridine rings is 1. The summed E-state index contributed by atoms with van der Waals surface area (Å²) in [5, 5.41) is 21.2. The van der Waals surface area contributed by atoms with Crippen LogP contribution in [0.1, 0.15) is 53.9 Å². The molecule has 0 saturated carbocycles. The minimum absolute atomic E-state index is 0.173. The molecule has 2 aromatic heterocycles. The van der Waals surface area contributed by atoms with Crippen molar-refractivity contribution in [3.8, 4) is 0 Å². The molecule has 4 heterocycles. The van der Waals surface area contributed by atoms with E-state index in [9.17, 15) is 19.8 Å². The smallest absolute Gasteiger partial charge is 0.312 e. The first kappa shape index (κ1) is 26.5. The van der Waals surface area contributed by atoms with E-state index in [1.54, 1.807) is 11.1 Å². The second-order valence-electron chi connectivity index (χ2n) is 9.71. The number of piperidine rings is 1. The van der Waals surface area contributed by atoms with E-state index in [0.717, 1.165) is 43.1 Å². The van der Waals surface area contributed by atoms with Gasteiger partial charge in [-0.05, 0) is 57.3 Å². The standard InChI is InChI=1S/C25H35N5O5S/c26-24-28-15-21(36-24)22(33)30-11-4-2-7-25(23(34)35-17-20(32)19(31)6-12-30)8-13-29(14-9-25)16-18-5-1-3-10-27-18/h1,3,5,10,15,19-20,31-32H,2,4,6-9,11-14,16-17H2,(H2,26,28)/t19-,20+/m0/s1. The van der Waals surface area contributed by atoms with Gasteiger partial charge in [0.05, 0.1) is 23.4 Å². The van der Waals surface area contributed by atoms with E-state index in [0.29, 0.717) is 42.2 Å². The van der Waals surface area contributed by atoms with Crippen molar-refractivity contribution in [1.29, 1.82) is 0 Å². The predicted molar refractivity (Wildman–Crippen MR) is 135 cm³/mol. The van der Waals surface area contributed by atoms with Gasteiger partial charge >= 0.3 is 5.97 Å². The Kier molecular flexibility index (Phi) is 8.89. The lowest BCUT2D eigenvalue weighted by atomic mass is 9.74. The van der Waals surface area contributed by atoms with Crippen molar-refractivity contribution in [2.75, 3.05) is 38.5 Å². The number of nitrogens with two attached hydrogens (primary N) is 1. The Balaban J connectivity index is 1.42. The highest BCUT2D eigenvalue weighted by Crippen LogP contribution is 2.38. The molecule has 2 aromatic rings. The van der Waals surface area contributed by atoms with E-state index in [4.69, 9.17) is 10.5 Å². The predicted octanol–water partition coefficient (Wildman–Crippen LogP) is 1.68. The number of ether oxygens (including phenoxy) is 1. The molecule has 4 rings (SSSR count). The number of carbonyl (C=O) groups is 2. The lowest BCUT2D eigenvalue weighted by Crippen LogP contribution is -2.46. The average molecular weight is 518 g/mol. The molecule has 4 N–H and O–H groups in total. The summed E-state index contributed by atoms with van der Waals surface area (Å²) in [4.78, 5) is 39.1. The van der Waals surface area contributed by atoms with Crippen LogP contribution in [-0.2, 0) is 16.1 Å². The van der Waals surface area contributed by atoms with E-state index in [2.05, 4.69) is 14.9 Å². The summed E-state index contributed by atoms with van der Waals surface area (Å²) in [5.41, 5.74) is 6.06. The number of rotatable bonds is 3. The van der Waals surface area contributed by atoms with Gasteiger partial charge in [0.2, 0.25) is 0 Å². The summed E-state index contributed by atoms with van der Waals surface area (Å²) in [6, 6.07) is 5.86. The highest BCUT2D eigenvalue weighted by Gasteiger charge is 2.42. The van der Waals surface area contributed by atoms with Crippen LogP contribution in [0.4, 0.5) is 5.13 Å². The molecule has 0 radical (unpaired) electrons. The third kappa shape index (κ3) is 6.58. The van der Waals surface area contributed by atoms with Gasteiger partial charge in [-0.2, -0.15) is 0 Å². The summed E-state index contributed by atoms with van der Waals surface area (Å²) in [5.74, 6) is -0.496. The number of anilines is 1. The van der Waals surface area contributed by atoms with Gasteiger partial charge in [0.15, 0.2) is 5.13 Å². The SMILES string of the molecule is Nc1ncc(C(=O)N2CCCCC3(CCN(Cc4ccccn4)CC3)C(=O)OC[C@@H](O)[C@@H](O)CC2)s1. The largest absolute Gasteiger partial charge is 0.462 e. The van der Waals surface area contributed by atoms with Gasteiger partial charge in [0.1, 0.15) is 17.6 Å². The third-order valence-electron chi connectivity index (χ3n) is 7.24. The van der Waals surface area contributed by atoms with Gasteiger partial charge in [-0.1, -0.05) is 23.8 Å². The maximum absolute atomic E-state index is 13.2. The van der Waals surface area contributed by atoms with E-state index < -0.39 is 17.6 Å². The molecule has 1 spiro atoms. The fourth-order valence-corrected chi connectivity index (χ4v) is 5.60. The first-order valence-electron chi connectivity index (χ1n) is 12.5. The van der Waals surface area contributed by atoms with Crippen molar-refractivity contribution >= 4 is 28.3 Å². The number of amides is 1. The molecule has 36 heavy (non-hydrogen) atoms. The Labute approximate surface area is 215 Å². The molecule has 1 amide bonds. The number of hydrogen-bond donors (Lipinski definition) is 3. The van der Waals surface area contributed by atoms with Crippen molar-refractivity contribution < 1.29 is 24.5 Å². The molecular formula is C25H35N5O5S. The van der Waals surface area contributed by atoms with Crippen LogP contribution in [0.15, 0.2) is 30.6 Å². The number of aliphatic hydroxyl groups is 2. The lowest BCUT2D eigenvalue weighted by Gasteiger charge is -2.40. The number of esters is 1. The van der Waals surface area contributed by atoms with Crippen LogP contribution in [0.5, 0.6) is 0 Å². The molecule has 2 fully saturated rings. The van der Waals surface area contributed by atoms with Crippen LogP contribution in [0.2, 0.25) is 0 Å². The van der Waals surface area contributed by atoms with Crippen molar-refractivity contribution in [2.45, 2.75) is 57.3 Å². The Morgan fingerprint density at radius 3 is 2.61 bits per heavy atom. The molecule has 2 saturated heterocycles. The van der Waals surface area contributed by atoms with E-state index in [1.807, 2.05) is 18.2 Å². The first-order valence-corrected chi connectivity index (χ1v) is 13.3. The minimum atomic E-state index is -1.22. The average Bonchev–Trinajstić information content (AvgIpc) is 3.33. The minimum Gasteiger partial charge on any atom is -0.462 e. The maximum Gasteiger partial charge on any atom is 0.312 e. The van der Waals surface area contributed by atoms with Gasteiger partial charge in [0, 0.05) is 25.8 Å². The number of nitrogens with zero attached hydrogens (tertiary/aromatic N) is 4. The van der Waals surface area contributed by atoms with Crippen LogP contribution in [0, 0.1) is 5.41 Å². The van der Waals surface area contributed by atoms with E-state index >= 15 is 0 Å². The molecule has 0 bridgehead atoms. The van der Waals surface area contributed by atoms with Crippen molar-refractivity contribution in [3.63, 3.8) is 0 Å². The van der Waals surface area contributed by atoms with E-state index in [-0.39, 0.29) is 31.4 Å². The maximum atomic E-state index is 13.2. The number of aromatic nitrogens is 2. The highest BCUT2D eigenvalue weighted by atomic mass is 32.1. The van der Waals surface area contributed by atoms with Crippen LogP contribution in [0.3, 0.4) is 0 Å². The molecule has 0 aliphatic carbocycles. The van der Waals surface area contributed by atoms with Crippen molar-refractivity contribution in [1.82, 2.24) is 19.8 Å². The molecule has 11 heteroatoms. The molecule has 196 valence electrons. The third-order valence-corrected chi connectivity index (χ3v) is 8.05. The Morgan fingerprint density at radius 2 is 1.92 bits per heavy atom. The molecule has 10 nitrogen and oxygen atoms in total. The number of thiazole rings is 1. The Hall–Kier alpha value is -2.60. The van der Waals surface area contributed by atoms with Crippen LogP contribution in [0.25, 0.3) is 0 Å². The lowest BCUT2D eigenvalue weighted by molar-refractivity contribution is -0.165. The van der Waals surface area contributed by atoms with Gasteiger partial charge in [-0.15, -0.1) is 0 Å². The van der Waals surface area contributed by atoms with Gasteiger partial charge in [-0.3, -0.25) is 19.5 Å². The zero-order chi connectivity index (χ0) is 25.5. The topological polar surface area (TPSA) is 142 Å². The molecule has 0 aromatic carbocycles. The number of likely N-dealkylation sites (tertiary alicyclic amines) is 1. The Bertz CT molecular complexity index is 1010. The van der Waals surface area contributed by atoms with Gasteiger partial charge < -0.3 is 25.6 Å². The normalized spacial score (nSPS) is 24.4. The second-order valence-corrected chi connectivity index (χ2v) is 10.8. The van der Waals surface area contributed by atoms with Crippen LogP contribution < -0.4 is 5.73 Å². The van der Waals surface area contributed by atoms with Crippen LogP contribution >= 0.6 is 11.3 Å². The molecule has 2 aliphatic rings. The van der Waals surface area contributed by atoms with Gasteiger partial charge in [0.25, 0.3) is 5.91 Å². The number of carbonyl (C=O) groups excluding carboxylic acids is 2. The summed E-state index contributed by atoms with van der Waals surface area (Å²) in [7, 11) is 0. The Morgan fingerprint density at radius 1 is 1.11 bits per heavy atom. The molecular weight excluding hydrogens is 482 g/mol. The zero-order valence-corrected chi connectivity index (χ0v) is 21.2. The monoisotopic (exact) mass is 517 g/mol. The summed E-state index contributed by atoms with van der Waals surface area (Å²) in [6.45, 7) is 2.71. The fraction of sp³-hybridized carbons (Fsp3) is 0.600. The summed E-state index contributed by atoms with van der Waals surface area (Å²) >= 11 is 1.13. The number of cyclic esters (lactones) is 1. The van der Waals surface area contributed by atoms with E-state index in [1.165, 1.54) is 6.20 Å². The molecule has 0 unspecified atom stereocenters.